The molecule has 19 heavy (non-hydrogen) atoms. The molecule has 0 heterocycles. The zero-order valence-electron chi connectivity index (χ0n) is 10.8. The fraction of sp³-hybridized carbons (Fsp3) is 0.308. The predicted molar refractivity (Wildman–Crippen MR) is 70.8 cm³/mol. The van der Waals surface area contributed by atoms with Gasteiger partial charge < -0.3 is 15.7 Å². The van der Waals surface area contributed by atoms with Crippen LogP contribution in [0.25, 0.3) is 0 Å². The summed E-state index contributed by atoms with van der Waals surface area (Å²) in [7, 11) is 0. The zero-order chi connectivity index (χ0) is 14.4. The van der Waals surface area contributed by atoms with E-state index in [-0.39, 0.29) is 11.8 Å². The first-order chi connectivity index (χ1) is 8.88. The number of rotatable bonds is 5. The molecule has 2 amide bonds. The molecule has 102 valence electrons. The standard InChI is InChI=1S/C13H16N2O4/c1-8(2)13(19)15-10-5-3-4-9(6-10)14-11(16)7-12(17)18/h3-6,8H,7H2,1-2H3,(H,14,16)(H,15,19)(H,17,18). The van der Waals surface area contributed by atoms with Gasteiger partial charge in [-0.25, -0.2) is 0 Å². The highest BCUT2D eigenvalue weighted by atomic mass is 16.4. The summed E-state index contributed by atoms with van der Waals surface area (Å²) in [5.74, 6) is -2.08. The number of hydrogen-bond donors (Lipinski definition) is 3. The van der Waals surface area contributed by atoms with Crippen LogP contribution in [-0.2, 0) is 14.4 Å². The summed E-state index contributed by atoms with van der Waals surface area (Å²) >= 11 is 0. The monoisotopic (exact) mass is 264 g/mol. The van der Waals surface area contributed by atoms with Gasteiger partial charge in [0.15, 0.2) is 0 Å². The van der Waals surface area contributed by atoms with Crippen molar-refractivity contribution in [2.45, 2.75) is 20.3 Å². The number of hydrogen-bond acceptors (Lipinski definition) is 3. The summed E-state index contributed by atoms with van der Waals surface area (Å²) < 4.78 is 0. The van der Waals surface area contributed by atoms with Gasteiger partial charge in [-0.2, -0.15) is 0 Å². The Bertz CT molecular complexity index is 497. The van der Waals surface area contributed by atoms with Crippen LogP contribution in [-0.4, -0.2) is 22.9 Å². The van der Waals surface area contributed by atoms with Gasteiger partial charge >= 0.3 is 5.97 Å². The highest BCUT2D eigenvalue weighted by molar-refractivity contribution is 6.01. The molecule has 0 unspecified atom stereocenters. The Labute approximate surface area is 110 Å². The predicted octanol–water partition coefficient (Wildman–Crippen LogP) is 1.69. The number of aliphatic carboxylic acids is 1. The second kappa shape index (κ2) is 6.53. The molecule has 0 aromatic heterocycles. The number of nitrogens with one attached hydrogen (secondary N) is 2. The van der Waals surface area contributed by atoms with Crippen molar-refractivity contribution in [3.05, 3.63) is 24.3 Å². The van der Waals surface area contributed by atoms with Crippen molar-refractivity contribution in [1.82, 2.24) is 0 Å². The summed E-state index contributed by atoms with van der Waals surface area (Å²) in [6.45, 7) is 3.54. The normalized spacial score (nSPS) is 10.1. The molecule has 0 aliphatic carbocycles. The molecule has 0 atom stereocenters. The van der Waals surface area contributed by atoms with Crippen LogP contribution in [0.15, 0.2) is 24.3 Å². The molecule has 0 aliphatic rings. The molecule has 0 aliphatic heterocycles. The summed E-state index contributed by atoms with van der Waals surface area (Å²) in [6.07, 6.45) is -0.595. The van der Waals surface area contributed by atoms with Crippen molar-refractivity contribution < 1.29 is 19.5 Å². The lowest BCUT2D eigenvalue weighted by Crippen LogP contribution is -2.18. The Balaban J connectivity index is 2.69. The van der Waals surface area contributed by atoms with Crippen LogP contribution in [0.1, 0.15) is 20.3 Å². The fourth-order valence-electron chi connectivity index (χ4n) is 1.30. The Kier molecular flexibility index (Phi) is 5.05. The van der Waals surface area contributed by atoms with Crippen molar-refractivity contribution in [3.63, 3.8) is 0 Å². The van der Waals surface area contributed by atoms with E-state index in [1.807, 2.05) is 0 Å². The topological polar surface area (TPSA) is 95.5 Å². The van der Waals surface area contributed by atoms with Crippen LogP contribution in [0.3, 0.4) is 0 Å². The van der Waals surface area contributed by atoms with Gasteiger partial charge in [0, 0.05) is 17.3 Å². The number of carboxylic acids is 1. The molecule has 0 radical (unpaired) electrons. The molecule has 6 heteroatoms. The Morgan fingerprint density at radius 1 is 1.16 bits per heavy atom. The molecule has 0 saturated carbocycles. The summed E-state index contributed by atoms with van der Waals surface area (Å²) in [4.78, 5) is 33.2. The molecule has 0 bridgehead atoms. The van der Waals surface area contributed by atoms with Crippen molar-refractivity contribution in [2.75, 3.05) is 10.6 Å². The summed E-state index contributed by atoms with van der Waals surface area (Å²) in [5.41, 5.74) is 0.986. The Hall–Kier alpha value is -2.37. The number of benzene rings is 1. The number of amides is 2. The average molecular weight is 264 g/mol. The lowest BCUT2D eigenvalue weighted by Gasteiger charge is -2.09. The molecule has 0 fully saturated rings. The van der Waals surface area contributed by atoms with Crippen LogP contribution < -0.4 is 10.6 Å². The quantitative estimate of drug-likeness (QED) is 0.705. The van der Waals surface area contributed by atoms with E-state index < -0.39 is 18.3 Å². The van der Waals surface area contributed by atoms with Gasteiger partial charge in [-0.05, 0) is 18.2 Å². The van der Waals surface area contributed by atoms with Crippen molar-refractivity contribution in [3.8, 4) is 0 Å². The van der Waals surface area contributed by atoms with Gasteiger partial charge in [0.2, 0.25) is 11.8 Å². The number of carbonyl (C=O) groups is 3. The molecule has 1 rings (SSSR count). The maximum Gasteiger partial charge on any atom is 0.312 e. The van der Waals surface area contributed by atoms with Gasteiger partial charge in [-0.3, -0.25) is 14.4 Å². The van der Waals surface area contributed by atoms with Gasteiger partial charge in [0.05, 0.1) is 0 Å². The first kappa shape index (κ1) is 14.7. The minimum absolute atomic E-state index is 0.131. The first-order valence-electron chi connectivity index (χ1n) is 5.81. The first-order valence-corrected chi connectivity index (χ1v) is 5.81. The van der Waals surface area contributed by atoms with Gasteiger partial charge in [-0.1, -0.05) is 19.9 Å². The van der Waals surface area contributed by atoms with E-state index in [0.29, 0.717) is 11.4 Å². The van der Waals surface area contributed by atoms with Crippen LogP contribution in [0, 0.1) is 5.92 Å². The van der Waals surface area contributed by atoms with E-state index in [1.165, 1.54) is 0 Å². The van der Waals surface area contributed by atoms with Crippen LogP contribution >= 0.6 is 0 Å². The van der Waals surface area contributed by atoms with Gasteiger partial charge in [0.1, 0.15) is 6.42 Å². The Morgan fingerprint density at radius 2 is 1.74 bits per heavy atom. The van der Waals surface area contributed by atoms with E-state index in [4.69, 9.17) is 5.11 Å². The second-order valence-electron chi connectivity index (χ2n) is 4.34. The third-order valence-corrected chi connectivity index (χ3v) is 2.25. The molecule has 1 aromatic rings. The lowest BCUT2D eigenvalue weighted by molar-refractivity contribution is -0.139. The second-order valence-corrected chi connectivity index (χ2v) is 4.34. The minimum Gasteiger partial charge on any atom is -0.481 e. The minimum atomic E-state index is -1.19. The fourth-order valence-corrected chi connectivity index (χ4v) is 1.30. The molecular formula is C13H16N2O4. The molecule has 0 saturated heterocycles. The summed E-state index contributed by atoms with van der Waals surface area (Å²) in [5, 5.41) is 13.6. The zero-order valence-corrected chi connectivity index (χ0v) is 10.8. The van der Waals surface area contributed by atoms with E-state index in [9.17, 15) is 14.4 Å². The molecule has 3 N–H and O–H groups in total. The number of carboxylic acid groups (broad SMARTS) is 1. The molecule has 0 spiro atoms. The van der Waals surface area contributed by atoms with Crippen LogP contribution in [0.5, 0.6) is 0 Å². The lowest BCUT2D eigenvalue weighted by atomic mass is 10.2. The highest BCUT2D eigenvalue weighted by Gasteiger charge is 2.09. The van der Waals surface area contributed by atoms with E-state index in [0.717, 1.165) is 0 Å². The average Bonchev–Trinajstić information content (AvgIpc) is 2.27. The van der Waals surface area contributed by atoms with E-state index in [1.54, 1.807) is 38.1 Å². The van der Waals surface area contributed by atoms with Gasteiger partial charge in [-0.15, -0.1) is 0 Å². The smallest absolute Gasteiger partial charge is 0.312 e. The number of anilines is 2. The van der Waals surface area contributed by atoms with Crippen molar-refractivity contribution in [2.24, 2.45) is 5.92 Å². The Morgan fingerprint density at radius 3 is 2.26 bits per heavy atom. The van der Waals surface area contributed by atoms with Crippen molar-refractivity contribution in [1.29, 1.82) is 0 Å². The largest absolute Gasteiger partial charge is 0.481 e. The van der Waals surface area contributed by atoms with Crippen molar-refractivity contribution >= 4 is 29.2 Å². The molecule has 6 nitrogen and oxygen atoms in total. The summed E-state index contributed by atoms with van der Waals surface area (Å²) in [6, 6.07) is 6.53. The maximum atomic E-state index is 11.5. The van der Waals surface area contributed by atoms with E-state index in [2.05, 4.69) is 10.6 Å². The highest BCUT2D eigenvalue weighted by Crippen LogP contribution is 2.16. The van der Waals surface area contributed by atoms with Crippen LogP contribution in [0.4, 0.5) is 11.4 Å². The SMILES string of the molecule is CC(C)C(=O)Nc1cccc(NC(=O)CC(=O)O)c1. The van der Waals surface area contributed by atoms with Crippen LogP contribution in [0.2, 0.25) is 0 Å². The molecular weight excluding hydrogens is 248 g/mol. The third kappa shape index (κ3) is 5.20. The van der Waals surface area contributed by atoms with E-state index >= 15 is 0 Å². The molecule has 1 aromatic carbocycles. The maximum absolute atomic E-state index is 11.5. The van der Waals surface area contributed by atoms with Gasteiger partial charge in [0.25, 0.3) is 0 Å². The number of carbonyl (C=O) groups excluding carboxylic acids is 2. The third-order valence-electron chi connectivity index (χ3n) is 2.25.